The quantitative estimate of drug-likeness (QED) is 0.332. The number of hydrogen-bond donors (Lipinski definition) is 2. The van der Waals surface area contributed by atoms with E-state index in [0.29, 0.717) is 0 Å². The van der Waals surface area contributed by atoms with E-state index in [1.807, 2.05) is 27.7 Å². The first-order chi connectivity index (χ1) is 13.4. The number of rotatable bonds is 10. The fourth-order valence-electron chi connectivity index (χ4n) is 2.83. The summed E-state index contributed by atoms with van der Waals surface area (Å²) in [6.07, 6.45) is 1.77. The first-order valence-electron chi connectivity index (χ1n) is 10.7. The van der Waals surface area contributed by atoms with Gasteiger partial charge < -0.3 is 25.0 Å². The lowest BCUT2D eigenvalue weighted by atomic mass is 10.2. The second-order valence-electron chi connectivity index (χ2n) is 7.90. The van der Waals surface area contributed by atoms with Crippen LogP contribution in [0, 0.1) is 0 Å². The van der Waals surface area contributed by atoms with Crippen molar-refractivity contribution in [3.8, 4) is 0 Å². The van der Waals surface area contributed by atoms with Gasteiger partial charge in [-0.15, -0.1) is 0 Å². The molecule has 0 spiro atoms. The van der Waals surface area contributed by atoms with Crippen molar-refractivity contribution in [3.63, 3.8) is 0 Å². The second-order valence-corrected chi connectivity index (χ2v) is 7.90. The number of carbonyl (C=O) groups is 1. The molecule has 1 rings (SSSR count). The Labute approximate surface area is 171 Å². The van der Waals surface area contributed by atoms with Crippen LogP contribution in [0.25, 0.3) is 0 Å². The number of carbonyl (C=O) groups excluding carboxylic acids is 1. The maximum atomic E-state index is 12.1. The molecule has 28 heavy (non-hydrogen) atoms. The molecule has 8 heteroatoms. The zero-order valence-corrected chi connectivity index (χ0v) is 18.6. The standard InChI is InChI=1S/C20H41N5O3/c1-6-21-18(23-11-9-17-27-7-2)22-10-8-12-24-13-15-25(16-14-24)19(26)28-20(3,4)5/h6-17H2,1-5H3,(H2,21,22,23). The summed E-state index contributed by atoms with van der Waals surface area (Å²) in [5, 5.41) is 6.67. The van der Waals surface area contributed by atoms with E-state index >= 15 is 0 Å². The van der Waals surface area contributed by atoms with Gasteiger partial charge >= 0.3 is 6.09 Å². The number of aliphatic imine (C=N–C) groups is 1. The summed E-state index contributed by atoms with van der Waals surface area (Å²) in [7, 11) is 0. The Morgan fingerprint density at radius 3 is 2.39 bits per heavy atom. The Balaban J connectivity index is 2.20. The minimum absolute atomic E-state index is 0.204. The van der Waals surface area contributed by atoms with Crippen LogP contribution in [0.1, 0.15) is 47.5 Å². The smallest absolute Gasteiger partial charge is 0.410 e. The third kappa shape index (κ3) is 11.3. The first kappa shape index (κ1) is 24.5. The highest BCUT2D eigenvalue weighted by Gasteiger charge is 2.25. The summed E-state index contributed by atoms with van der Waals surface area (Å²) in [6, 6.07) is 0. The highest BCUT2D eigenvalue weighted by molar-refractivity contribution is 5.79. The second kappa shape index (κ2) is 13.6. The fourth-order valence-corrected chi connectivity index (χ4v) is 2.83. The van der Waals surface area contributed by atoms with Crippen LogP contribution in [0.4, 0.5) is 4.79 Å². The molecule has 8 nitrogen and oxygen atoms in total. The highest BCUT2D eigenvalue weighted by Crippen LogP contribution is 2.11. The molecule has 0 aromatic heterocycles. The SMILES string of the molecule is CCNC(=NCCCOCC)NCCCN1CCN(C(=O)OC(C)(C)C)CC1. The predicted octanol–water partition coefficient (Wildman–Crippen LogP) is 1.91. The summed E-state index contributed by atoms with van der Waals surface area (Å²) in [5.41, 5.74) is -0.436. The number of amides is 1. The van der Waals surface area contributed by atoms with E-state index in [1.54, 1.807) is 4.90 Å². The van der Waals surface area contributed by atoms with Gasteiger partial charge in [-0.3, -0.25) is 9.89 Å². The minimum atomic E-state index is -0.436. The molecule has 1 amide bonds. The van der Waals surface area contributed by atoms with Gasteiger partial charge in [-0.2, -0.15) is 0 Å². The van der Waals surface area contributed by atoms with Crippen molar-refractivity contribution < 1.29 is 14.3 Å². The zero-order chi connectivity index (χ0) is 20.8. The Morgan fingerprint density at radius 2 is 1.79 bits per heavy atom. The molecular formula is C20H41N5O3. The van der Waals surface area contributed by atoms with E-state index < -0.39 is 5.60 Å². The van der Waals surface area contributed by atoms with Crippen LogP contribution in [0.15, 0.2) is 4.99 Å². The van der Waals surface area contributed by atoms with Crippen LogP contribution in [0.2, 0.25) is 0 Å². The van der Waals surface area contributed by atoms with Crippen LogP contribution in [0.3, 0.4) is 0 Å². The number of piperazine rings is 1. The van der Waals surface area contributed by atoms with Gasteiger partial charge in [-0.25, -0.2) is 4.79 Å². The van der Waals surface area contributed by atoms with Gasteiger partial charge in [-0.05, 0) is 54.0 Å². The third-order valence-corrected chi connectivity index (χ3v) is 4.23. The van der Waals surface area contributed by atoms with Crippen LogP contribution in [0.5, 0.6) is 0 Å². The van der Waals surface area contributed by atoms with Crippen molar-refractivity contribution in [1.82, 2.24) is 20.4 Å². The van der Waals surface area contributed by atoms with Gasteiger partial charge in [0, 0.05) is 59.0 Å². The number of ether oxygens (including phenoxy) is 2. The van der Waals surface area contributed by atoms with Crippen molar-refractivity contribution in [2.45, 2.75) is 53.1 Å². The van der Waals surface area contributed by atoms with Gasteiger partial charge in [0.1, 0.15) is 5.60 Å². The van der Waals surface area contributed by atoms with Gasteiger partial charge in [0.15, 0.2) is 5.96 Å². The Hall–Kier alpha value is -1.54. The molecule has 0 atom stereocenters. The summed E-state index contributed by atoms with van der Waals surface area (Å²) < 4.78 is 10.8. The fraction of sp³-hybridized carbons (Fsp3) is 0.900. The predicted molar refractivity (Wildman–Crippen MR) is 114 cm³/mol. The van der Waals surface area contributed by atoms with Gasteiger partial charge in [0.2, 0.25) is 0 Å². The molecule has 0 saturated carbocycles. The molecule has 0 aromatic rings. The normalized spacial score (nSPS) is 16.2. The van der Waals surface area contributed by atoms with Crippen molar-refractivity contribution in [3.05, 3.63) is 0 Å². The first-order valence-corrected chi connectivity index (χ1v) is 10.7. The van der Waals surface area contributed by atoms with Crippen LogP contribution < -0.4 is 10.6 Å². The maximum absolute atomic E-state index is 12.1. The summed E-state index contributed by atoms with van der Waals surface area (Å²) in [5.74, 6) is 0.869. The van der Waals surface area contributed by atoms with E-state index in [4.69, 9.17) is 9.47 Å². The van der Waals surface area contributed by atoms with E-state index in [2.05, 4.69) is 27.4 Å². The van der Waals surface area contributed by atoms with Crippen molar-refractivity contribution in [2.24, 2.45) is 4.99 Å². The lowest BCUT2D eigenvalue weighted by molar-refractivity contribution is 0.0145. The Bertz CT molecular complexity index is 457. The zero-order valence-electron chi connectivity index (χ0n) is 18.6. The molecule has 0 unspecified atom stereocenters. The molecule has 0 radical (unpaired) electrons. The molecule has 0 aliphatic carbocycles. The molecular weight excluding hydrogens is 358 g/mol. The van der Waals surface area contributed by atoms with E-state index in [1.165, 1.54) is 0 Å². The van der Waals surface area contributed by atoms with Gasteiger partial charge in [0.25, 0.3) is 0 Å². The molecule has 1 aliphatic heterocycles. The molecule has 2 N–H and O–H groups in total. The van der Waals surface area contributed by atoms with Gasteiger partial charge in [-0.1, -0.05) is 0 Å². The van der Waals surface area contributed by atoms with Gasteiger partial charge in [0.05, 0.1) is 0 Å². The minimum Gasteiger partial charge on any atom is -0.444 e. The molecule has 1 fully saturated rings. The number of nitrogens with zero attached hydrogens (tertiary/aromatic N) is 3. The van der Waals surface area contributed by atoms with Crippen LogP contribution >= 0.6 is 0 Å². The van der Waals surface area contributed by atoms with Crippen molar-refractivity contribution in [1.29, 1.82) is 0 Å². The van der Waals surface area contributed by atoms with E-state index in [0.717, 1.165) is 84.4 Å². The van der Waals surface area contributed by atoms with Crippen molar-refractivity contribution >= 4 is 12.1 Å². The van der Waals surface area contributed by atoms with Crippen LogP contribution in [-0.2, 0) is 9.47 Å². The summed E-state index contributed by atoms with van der Waals surface area (Å²) in [4.78, 5) is 20.9. The molecule has 1 aliphatic rings. The summed E-state index contributed by atoms with van der Waals surface area (Å²) in [6.45, 7) is 18.0. The number of nitrogens with one attached hydrogen (secondary N) is 2. The Morgan fingerprint density at radius 1 is 1.07 bits per heavy atom. The molecule has 1 saturated heterocycles. The lowest BCUT2D eigenvalue weighted by Gasteiger charge is -2.35. The average molecular weight is 400 g/mol. The molecule has 0 aromatic carbocycles. The third-order valence-electron chi connectivity index (χ3n) is 4.23. The highest BCUT2D eigenvalue weighted by atomic mass is 16.6. The number of hydrogen-bond acceptors (Lipinski definition) is 5. The molecule has 0 bridgehead atoms. The average Bonchev–Trinajstić information content (AvgIpc) is 2.64. The largest absolute Gasteiger partial charge is 0.444 e. The number of guanidine groups is 1. The monoisotopic (exact) mass is 399 g/mol. The van der Waals surface area contributed by atoms with Crippen molar-refractivity contribution in [2.75, 3.05) is 65.6 Å². The van der Waals surface area contributed by atoms with E-state index in [9.17, 15) is 4.79 Å². The van der Waals surface area contributed by atoms with E-state index in [-0.39, 0.29) is 6.09 Å². The Kier molecular flexibility index (Phi) is 11.9. The maximum Gasteiger partial charge on any atom is 0.410 e. The molecule has 1 heterocycles. The summed E-state index contributed by atoms with van der Waals surface area (Å²) >= 11 is 0. The lowest BCUT2D eigenvalue weighted by Crippen LogP contribution is -2.50. The van der Waals surface area contributed by atoms with Crippen LogP contribution in [-0.4, -0.2) is 93.0 Å². The molecule has 164 valence electrons. The topological polar surface area (TPSA) is 78.4 Å².